The molecule has 1 saturated heterocycles. The number of aromatic nitrogens is 1. The Kier molecular flexibility index (Phi) is 5.23. The van der Waals surface area contributed by atoms with E-state index in [0.717, 1.165) is 34.8 Å². The summed E-state index contributed by atoms with van der Waals surface area (Å²) in [4.78, 5) is 26.9. The van der Waals surface area contributed by atoms with Crippen molar-refractivity contribution in [2.75, 3.05) is 0 Å². The zero-order valence-corrected chi connectivity index (χ0v) is 17.3. The van der Waals surface area contributed by atoms with Crippen LogP contribution in [0.3, 0.4) is 0 Å². The molecule has 0 bridgehead atoms. The first-order chi connectivity index (χ1) is 13.5. The van der Waals surface area contributed by atoms with Gasteiger partial charge in [0.15, 0.2) is 0 Å². The van der Waals surface area contributed by atoms with Crippen LogP contribution in [0.25, 0.3) is 17.0 Å². The molecule has 0 N–H and O–H groups in total. The summed E-state index contributed by atoms with van der Waals surface area (Å²) in [5.74, 6) is -0.311. The molecule has 3 aromatic rings. The summed E-state index contributed by atoms with van der Waals surface area (Å²) in [6, 6.07) is 13.0. The number of hydrogen-bond acceptors (Lipinski definition) is 3. The predicted octanol–water partition coefficient (Wildman–Crippen LogP) is 6.20. The predicted molar refractivity (Wildman–Crippen MR) is 116 cm³/mol. The summed E-state index contributed by atoms with van der Waals surface area (Å²) in [6.07, 6.45) is 3.80. The maximum Gasteiger partial charge on any atom is 0.293 e. The fourth-order valence-electron chi connectivity index (χ4n) is 3.25. The molecule has 2 amide bonds. The highest BCUT2D eigenvalue weighted by Gasteiger charge is 2.35. The van der Waals surface area contributed by atoms with Crippen molar-refractivity contribution in [3.05, 3.63) is 74.7 Å². The summed E-state index contributed by atoms with van der Waals surface area (Å²) in [5, 5.41) is 1.69. The maximum absolute atomic E-state index is 12.9. The fraction of sp³-hybridized carbons (Fsp3) is 0.143. The lowest BCUT2D eigenvalue weighted by molar-refractivity contribution is -0.123. The highest BCUT2D eigenvalue weighted by Crippen LogP contribution is 2.36. The number of aryl methyl sites for hydroxylation is 1. The lowest BCUT2D eigenvalue weighted by Crippen LogP contribution is -2.27. The first-order valence-electron chi connectivity index (χ1n) is 8.75. The third-order valence-electron chi connectivity index (χ3n) is 4.66. The number of carbonyl (C=O) groups excluding carboxylic acids is 2. The van der Waals surface area contributed by atoms with Gasteiger partial charge in [-0.25, -0.2) is 0 Å². The van der Waals surface area contributed by atoms with E-state index in [1.165, 1.54) is 4.90 Å². The monoisotopic (exact) mass is 430 g/mol. The Balaban J connectivity index is 1.66. The zero-order chi connectivity index (χ0) is 19.8. The minimum atomic E-state index is -0.311. The SMILES string of the molecule is CCn1cc(/C=C2\SC(=O)N(Cc3ccc(Cl)cc3Cl)C2=O)c2ccccc21. The molecular weight excluding hydrogens is 415 g/mol. The average molecular weight is 431 g/mol. The number of imide groups is 1. The molecule has 0 aliphatic carbocycles. The topological polar surface area (TPSA) is 42.3 Å². The van der Waals surface area contributed by atoms with Gasteiger partial charge in [0.05, 0.1) is 11.4 Å². The van der Waals surface area contributed by atoms with Crippen LogP contribution in [0.5, 0.6) is 0 Å². The summed E-state index contributed by atoms with van der Waals surface area (Å²) >= 11 is 13.1. The minimum Gasteiger partial charge on any atom is -0.347 e. The van der Waals surface area contributed by atoms with E-state index in [1.807, 2.05) is 30.5 Å². The van der Waals surface area contributed by atoms with Crippen LogP contribution in [0.2, 0.25) is 10.0 Å². The number of thioether (sulfide) groups is 1. The molecule has 0 atom stereocenters. The first-order valence-corrected chi connectivity index (χ1v) is 10.3. The highest BCUT2D eigenvalue weighted by molar-refractivity contribution is 8.18. The molecule has 7 heteroatoms. The summed E-state index contributed by atoms with van der Waals surface area (Å²) in [6.45, 7) is 3.01. The normalized spacial score (nSPS) is 16.0. The van der Waals surface area contributed by atoms with Gasteiger partial charge in [-0.05, 0) is 48.5 Å². The fourth-order valence-corrected chi connectivity index (χ4v) is 4.55. The van der Waals surface area contributed by atoms with Gasteiger partial charge in [-0.3, -0.25) is 14.5 Å². The quantitative estimate of drug-likeness (QED) is 0.462. The van der Waals surface area contributed by atoms with Gasteiger partial charge >= 0.3 is 0 Å². The molecule has 28 heavy (non-hydrogen) atoms. The summed E-state index contributed by atoms with van der Waals surface area (Å²) in [5.41, 5.74) is 2.70. The number of amides is 2. The van der Waals surface area contributed by atoms with Gasteiger partial charge in [0.1, 0.15) is 0 Å². The van der Waals surface area contributed by atoms with Gasteiger partial charge in [-0.15, -0.1) is 0 Å². The number of nitrogens with zero attached hydrogens (tertiary/aromatic N) is 2. The van der Waals surface area contributed by atoms with Crippen molar-refractivity contribution in [3.63, 3.8) is 0 Å². The van der Waals surface area contributed by atoms with Crippen molar-refractivity contribution in [1.29, 1.82) is 0 Å². The molecule has 142 valence electrons. The van der Waals surface area contributed by atoms with Crippen LogP contribution < -0.4 is 0 Å². The maximum atomic E-state index is 12.9. The molecule has 0 unspecified atom stereocenters. The molecule has 0 radical (unpaired) electrons. The molecule has 2 aromatic carbocycles. The van der Waals surface area contributed by atoms with Gasteiger partial charge in [0.25, 0.3) is 11.1 Å². The third-order valence-corrected chi connectivity index (χ3v) is 6.16. The van der Waals surface area contributed by atoms with Crippen molar-refractivity contribution >= 4 is 63.1 Å². The van der Waals surface area contributed by atoms with Gasteiger partial charge in [-0.1, -0.05) is 47.5 Å². The van der Waals surface area contributed by atoms with Crippen LogP contribution in [0.15, 0.2) is 53.6 Å². The number of benzene rings is 2. The van der Waals surface area contributed by atoms with Crippen LogP contribution in [0.1, 0.15) is 18.1 Å². The Hall–Kier alpha value is -2.21. The van der Waals surface area contributed by atoms with Crippen molar-refractivity contribution in [2.45, 2.75) is 20.0 Å². The standard InChI is InChI=1S/C21H16Cl2N2O2S/c1-2-24-11-14(16-5-3-4-6-18(16)24)9-19-20(26)25(21(27)28-19)12-13-7-8-15(22)10-17(13)23/h3-11H,2,12H2,1H3/b19-9-. The third kappa shape index (κ3) is 3.46. The van der Waals surface area contributed by atoms with E-state index in [4.69, 9.17) is 23.2 Å². The number of rotatable bonds is 4. The Morgan fingerprint density at radius 3 is 2.64 bits per heavy atom. The average Bonchev–Trinajstić information content (AvgIpc) is 3.16. The van der Waals surface area contributed by atoms with E-state index in [2.05, 4.69) is 11.5 Å². The highest BCUT2D eigenvalue weighted by atomic mass is 35.5. The minimum absolute atomic E-state index is 0.120. The number of fused-ring (bicyclic) bond motifs is 1. The van der Waals surface area contributed by atoms with E-state index >= 15 is 0 Å². The number of halogens is 2. The summed E-state index contributed by atoms with van der Waals surface area (Å²) in [7, 11) is 0. The van der Waals surface area contributed by atoms with E-state index in [1.54, 1.807) is 24.3 Å². The molecule has 4 nitrogen and oxygen atoms in total. The molecule has 2 heterocycles. The van der Waals surface area contributed by atoms with Crippen LogP contribution in [0, 0.1) is 0 Å². The Labute approximate surface area is 176 Å². The number of carbonyl (C=O) groups is 2. The molecular formula is C21H16Cl2N2O2S. The second-order valence-corrected chi connectivity index (χ2v) is 8.23. The lowest BCUT2D eigenvalue weighted by Gasteiger charge is -2.13. The molecule has 0 spiro atoms. The van der Waals surface area contributed by atoms with Crippen molar-refractivity contribution < 1.29 is 9.59 Å². The van der Waals surface area contributed by atoms with Crippen LogP contribution in [-0.4, -0.2) is 20.6 Å². The number of hydrogen-bond donors (Lipinski definition) is 0. The zero-order valence-electron chi connectivity index (χ0n) is 15.0. The largest absolute Gasteiger partial charge is 0.347 e. The molecule has 0 saturated carbocycles. The van der Waals surface area contributed by atoms with E-state index in [9.17, 15) is 9.59 Å². The van der Waals surface area contributed by atoms with Gasteiger partial charge in [0, 0.05) is 39.3 Å². The van der Waals surface area contributed by atoms with Gasteiger partial charge in [-0.2, -0.15) is 0 Å². The van der Waals surface area contributed by atoms with Crippen molar-refractivity contribution in [3.8, 4) is 0 Å². The van der Waals surface area contributed by atoms with Crippen LogP contribution in [-0.2, 0) is 17.9 Å². The molecule has 1 aliphatic heterocycles. The smallest absolute Gasteiger partial charge is 0.293 e. The first kappa shape index (κ1) is 19.1. The van der Waals surface area contributed by atoms with Crippen molar-refractivity contribution in [2.24, 2.45) is 0 Å². The Morgan fingerprint density at radius 1 is 1.11 bits per heavy atom. The second-order valence-electron chi connectivity index (χ2n) is 6.39. The van der Waals surface area contributed by atoms with E-state index < -0.39 is 0 Å². The van der Waals surface area contributed by atoms with Gasteiger partial charge < -0.3 is 4.57 Å². The molecule has 1 fully saturated rings. The van der Waals surface area contributed by atoms with Crippen molar-refractivity contribution in [1.82, 2.24) is 9.47 Å². The Morgan fingerprint density at radius 2 is 1.89 bits per heavy atom. The molecule has 1 aromatic heterocycles. The molecule has 1 aliphatic rings. The Bertz CT molecular complexity index is 1140. The van der Waals surface area contributed by atoms with E-state index in [0.29, 0.717) is 20.5 Å². The second kappa shape index (κ2) is 7.66. The lowest BCUT2D eigenvalue weighted by atomic mass is 10.1. The van der Waals surface area contributed by atoms with Crippen LogP contribution >= 0.6 is 35.0 Å². The number of para-hydroxylation sites is 1. The molecule has 4 rings (SSSR count). The summed E-state index contributed by atoms with van der Waals surface area (Å²) < 4.78 is 2.12. The van der Waals surface area contributed by atoms with Crippen LogP contribution in [0.4, 0.5) is 4.79 Å². The van der Waals surface area contributed by atoms with E-state index in [-0.39, 0.29) is 17.7 Å². The van der Waals surface area contributed by atoms with Gasteiger partial charge in [0.2, 0.25) is 0 Å².